The number of pyridine rings is 1. The fourth-order valence-electron chi connectivity index (χ4n) is 5.44. The summed E-state index contributed by atoms with van der Waals surface area (Å²) in [5.41, 5.74) is 7.73. The van der Waals surface area contributed by atoms with Gasteiger partial charge in [0.15, 0.2) is 11.5 Å². The van der Waals surface area contributed by atoms with E-state index in [1.54, 1.807) is 14.2 Å². The van der Waals surface area contributed by atoms with E-state index in [1.165, 1.54) is 30.5 Å². The minimum absolute atomic E-state index is 0.716. The van der Waals surface area contributed by atoms with Crippen molar-refractivity contribution >= 4 is 33.3 Å². The number of anilines is 2. The lowest BCUT2D eigenvalue weighted by molar-refractivity contribution is 0.355. The van der Waals surface area contributed by atoms with Crippen molar-refractivity contribution in [2.45, 2.75) is 25.8 Å². The summed E-state index contributed by atoms with van der Waals surface area (Å²) in [6, 6.07) is 17.2. The van der Waals surface area contributed by atoms with Crippen molar-refractivity contribution in [2.24, 2.45) is 7.05 Å². The van der Waals surface area contributed by atoms with Crippen LogP contribution in [0.5, 0.6) is 11.5 Å². The predicted molar refractivity (Wildman–Crippen MR) is 151 cm³/mol. The van der Waals surface area contributed by atoms with E-state index in [0.29, 0.717) is 5.75 Å². The van der Waals surface area contributed by atoms with Crippen LogP contribution in [-0.2, 0) is 13.6 Å². The van der Waals surface area contributed by atoms with Crippen LogP contribution in [0, 0.1) is 0 Å². The third-order valence-corrected chi connectivity index (χ3v) is 7.48. The zero-order valence-electron chi connectivity index (χ0n) is 21.7. The maximum Gasteiger partial charge on any atom is 0.162 e. The summed E-state index contributed by atoms with van der Waals surface area (Å²) in [6.07, 6.45) is 7.93. The van der Waals surface area contributed by atoms with Gasteiger partial charge in [-0.3, -0.25) is 0 Å². The number of benzene rings is 2. The SMILES string of the molecule is COc1cc2c(-c3cc4c(CNc5ccc(N6CCCCC6)cc5)ccnc4[nH]3)cn(C)c2cc1OC. The number of aromatic nitrogens is 3. The first-order chi connectivity index (χ1) is 18.1. The van der Waals surface area contributed by atoms with Gasteiger partial charge in [-0.15, -0.1) is 0 Å². The van der Waals surface area contributed by atoms with E-state index >= 15 is 0 Å². The summed E-state index contributed by atoms with van der Waals surface area (Å²) in [5.74, 6) is 1.44. The molecule has 1 saturated heterocycles. The Morgan fingerprint density at radius 2 is 1.68 bits per heavy atom. The molecule has 0 aliphatic carbocycles. The van der Waals surface area contributed by atoms with Gasteiger partial charge in [0.05, 0.1) is 19.7 Å². The van der Waals surface area contributed by atoms with Gasteiger partial charge >= 0.3 is 0 Å². The first kappa shape index (κ1) is 23.3. The van der Waals surface area contributed by atoms with Gasteiger partial charge < -0.3 is 29.2 Å². The second kappa shape index (κ2) is 9.73. The number of piperidine rings is 1. The lowest BCUT2D eigenvalue weighted by Crippen LogP contribution is -2.29. The predicted octanol–water partition coefficient (Wildman–Crippen LogP) is 6.34. The summed E-state index contributed by atoms with van der Waals surface area (Å²) in [7, 11) is 5.37. The maximum atomic E-state index is 5.57. The van der Waals surface area contributed by atoms with Crippen molar-refractivity contribution in [3.05, 3.63) is 66.5 Å². The third-order valence-electron chi connectivity index (χ3n) is 7.48. The van der Waals surface area contributed by atoms with Crippen LogP contribution in [-0.4, -0.2) is 41.8 Å². The van der Waals surface area contributed by atoms with Gasteiger partial charge in [0.2, 0.25) is 0 Å². The number of fused-ring (bicyclic) bond motifs is 2. The molecule has 1 aliphatic heterocycles. The Morgan fingerprint density at radius 3 is 2.43 bits per heavy atom. The first-order valence-electron chi connectivity index (χ1n) is 12.9. The van der Waals surface area contributed by atoms with E-state index in [9.17, 15) is 0 Å². The highest BCUT2D eigenvalue weighted by Gasteiger charge is 2.17. The molecule has 1 fully saturated rings. The number of aromatic amines is 1. The van der Waals surface area contributed by atoms with Crippen LogP contribution >= 0.6 is 0 Å². The molecule has 37 heavy (non-hydrogen) atoms. The summed E-state index contributed by atoms with van der Waals surface area (Å²) < 4.78 is 13.2. The Labute approximate surface area is 217 Å². The van der Waals surface area contributed by atoms with Crippen LogP contribution in [0.15, 0.2) is 60.9 Å². The normalized spacial score (nSPS) is 13.9. The lowest BCUT2D eigenvalue weighted by Gasteiger charge is -2.28. The van der Waals surface area contributed by atoms with Gasteiger partial charge in [0.25, 0.3) is 0 Å². The summed E-state index contributed by atoms with van der Waals surface area (Å²) in [4.78, 5) is 10.6. The molecule has 0 radical (unpaired) electrons. The Balaban J connectivity index is 1.27. The number of hydrogen-bond donors (Lipinski definition) is 2. The van der Waals surface area contributed by atoms with Crippen molar-refractivity contribution in [3.8, 4) is 22.8 Å². The van der Waals surface area contributed by atoms with Crippen LogP contribution in [0.4, 0.5) is 11.4 Å². The van der Waals surface area contributed by atoms with Gasteiger partial charge in [-0.25, -0.2) is 4.98 Å². The molecule has 7 nitrogen and oxygen atoms in total. The van der Waals surface area contributed by atoms with Crippen molar-refractivity contribution in [2.75, 3.05) is 37.5 Å². The molecule has 1 aliphatic rings. The average Bonchev–Trinajstić information content (AvgIpc) is 3.53. The Morgan fingerprint density at radius 1 is 0.919 bits per heavy atom. The van der Waals surface area contributed by atoms with Gasteiger partial charge in [-0.1, -0.05) is 0 Å². The summed E-state index contributed by atoms with van der Waals surface area (Å²) in [5, 5.41) is 5.81. The molecule has 0 amide bonds. The van der Waals surface area contributed by atoms with E-state index in [4.69, 9.17) is 9.47 Å². The van der Waals surface area contributed by atoms with Gasteiger partial charge in [-0.05, 0) is 67.3 Å². The molecule has 3 aromatic heterocycles. The standard InChI is InChI=1S/C30H33N5O2/c1-34-19-25(24-16-28(36-2)29(37-3)17-27(24)34)26-15-23-20(11-12-31-30(23)33-26)18-32-21-7-9-22(10-8-21)35-13-5-4-6-14-35/h7-12,15-17,19,32H,4-6,13-14,18H2,1-3H3,(H,31,33). The largest absolute Gasteiger partial charge is 0.493 e. The molecule has 0 unspecified atom stereocenters. The molecule has 190 valence electrons. The molecular weight excluding hydrogens is 462 g/mol. The average molecular weight is 496 g/mol. The zero-order valence-corrected chi connectivity index (χ0v) is 21.7. The number of nitrogens with zero attached hydrogens (tertiary/aromatic N) is 3. The molecule has 4 heterocycles. The molecule has 0 spiro atoms. The quantitative estimate of drug-likeness (QED) is 0.276. The minimum Gasteiger partial charge on any atom is -0.493 e. The smallest absolute Gasteiger partial charge is 0.162 e. The molecular formula is C30H33N5O2. The Bertz CT molecular complexity index is 1540. The highest BCUT2D eigenvalue weighted by atomic mass is 16.5. The zero-order chi connectivity index (χ0) is 25.4. The number of aryl methyl sites for hydroxylation is 1. The van der Waals surface area contributed by atoms with Crippen molar-refractivity contribution in [1.82, 2.24) is 14.5 Å². The van der Waals surface area contributed by atoms with Gasteiger partial charge in [0, 0.05) is 78.5 Å². The van der Waals surface area contributed by atoms with Crippen LogP contribution in [0.2, 0.25) is 0 Å². The minimum atomic E-state index is 0.716. The summed E-state index contributed by atoms with van der Waals surface area (Å²) >= 11 is 0. The van der Waals surface area contributed by atoms with Crippen molar-refractivity contribution < 1.29 is 9.47 Å². The van der Waals surface area contributed by atoms with Crippen LogP contribution in [0.25, 0.3) is 33.2 Å². The van der Waals surface area contributed by atoms with Gasteiger partial charge in [-0.2, -0.15) is 0 Å². The van der Waals surface area contributed by atoms with E-state index in [0.717, 1.165) is 64.3 Å². The number of nitrogens with one attached hydrogen (secondary N) is 2. The highest BCUT2D eigenvalue weighted by molar-refractivity contribution is 5.99. The van der Waals surface area contributed by atoms with Crippen LogP contribution in [0.1, 0.15) is 24.8 Å². The molecule has 2 N–H and O–H groups in total. The van der Waals surface area contributed by atoms with E-state index < -0.39 is 0 Å². The van der Waals surface area contributed by atoms with E-state index in [-0.39, 0.29) is 0 Å². The number of hydrogen-bond acceptors (Lipinski definition) is 5. The molecule has 7 heteroatoms. The molecule has 0 atom stereocenters. The Hall–Kier alpha value is -4.13. The molecule has 5 aromatic rings. The Kier molecular flexibility index (Phi) is 6.12. The lowest BCUT2D eigenvalue weighted by atomic mass is 10.1. The number of ether oxygens (including phenoxy) is 2. The maximum absolute atomic E-state index is 5.57. The van der Waals surface area contributed by atoms with E-state index in [1.807, 2.05) is 25.4 Å². The first-order valence-corrected chi connectivity index (χ1v) is 12.9. The number of H-pyrrole nitrogens is 1. The highest BCUT2D eigenvalue weighted by Crippen LogP contribution is 2.38. The molecule has 6 rings (SSSR count). The summed E-state index contributed by atoms with van der Waals surface area (Å²) in [6.45, 7) is 3.04. The second-order valence-corrected chi connectivity index (χ2v) is 9.74. The number of methoxy groups -OCH3 is 2. The fourth-order valence-corrected chi connectivity index (χ4v) is 5.44. The van der Waals surface area contributed by atoms with Crippen molar-refractivity contribution in [1.29, 1.82) is 0 Å². The number of rotatable bonds is 7. The molecule has 0 bridgehead atoms. The monoisotopic (exact) mass is 495 g/mol. The van der Waals surface area contributed by atoms with Crippen LogP contribution < -0.4 is 19.7 Å². The third kappa shape index (κ3) is 4.35. The van der Waals surface area contributed by atoms with Crippen LogP contribution in [0.3, 0.4) is 0 Å². The van der Waals surface area contributed by atoms with Gasteiger partial charge in [0.1, 0.15) is 5.65 Å². The topological polar surface area (TPSA) is 67.3 Å². The van der Waals surface area contributed by atoms with E-state index in [2.05, 4.69) is 67.3 Å². The molecule has 2 aromatic carbocycles. The van der Waals surface area contributed by atoms with Crippen molar-refractivity contribution in [3.63, 3.8) is 0 Å². The fraction of sp³-hybridized carbons (Fsp3) is 0.300. The second-order valence-electron chi connectivity index (χ2n) is 9.74. The molecule has 0 saturated carbocycles.